The predicted molar refractivity (Wildman–Crippen MR) is 130 cm³/mol. The number of imide groups is 1. The van der Waals surface area contributed by atoms with Crippen molar-refractivity contribution in [3.63, 3.8) is 0 Å². The van der Waals surface area contributed by atoms with Gasteiger partial charge in [0.25, 0.3) is 11.8 Å². The number of carbonyl (C=O) groups is 2. The first-order valence-corrected chi connectivity index (χ1v) is 11.2. The van der Waals surface area contributed by atoms with Crippen molar-refractivity contribution in [2.24, 2.45) is 0 Å². The van der Waals surface area contributed by atoms with Crippen LogP contribution in [0.5, 0.6) is 11.5 Å². The van der Waals surface area contributed by atoms with E-state index in [1.54, 1.807) is 48.8 Å². The lowest BCUT2D eigenvalue weighted by Crippen LogP contribution is -2.32. The lowest BCUT2D eigenvalue weighted by molar-refractivity contribution is -0.137. The summed E-state index contributed by atoms with van der Waals surface area (Å²) >= 11 is 0. The van der Waals surface area contributed by atoms with Gasteiger partial charge in [-0.3, -0.25) is 19.5 Å². The summed E-state index contributed by atoms with van der Waals surface area (Å²) in [5.41, 5.74) is 2.70. The molecule has 0 unspecified atom stereocenters. The summed E-state index contributed by atoms with van der Waals surface area (Å²) in [6.07, 6.45) is 3.34. The molecule has 0 fully saturated rings. The van der Waals surface area contributed by atoms with Crippen LogP contribution in [0, 0.1) is 0 Å². The molecule has 0 saturated carbocycles. The summed E-state index contributed by atoms with van der Waals surface area (Å²) < 4.78 is 11.2. The van der Waals surface area contributed by atoms with E-state index in [-0.39, 0.29) is 30.2 Å². The van der Waals surface area contributed by atoms with Gasteiger partial charge in [-0.1, -0.05) is 12.1 Å². The van der Waals surface area contributed by atoms with Crippen LogP contribution in [0.15, 0.2) is 78.8 Å². The molecule has 174 valence electrons. The standard InChI is InChI=1S/C27H27N3O4/c1-4-33-22-9-5-20(6-10-22)24-25(29-21-7-11-23(12-8-21)34-18(2)3)27(32)30(26(24)31)17-19-13-15-28-16-14-19/h5-16,18,29H,4,17H2,1-3H3. The zero-order valence-electron chi connectivity index (χ0n) is 19.4. The van der Waals surface area contributed by atoms with Crippen molar-refractivity contribution >= 4 is 23.1 Å². The third-order valence-electron chi connectivity index (χ3n) is 5.21. The van der Waals surface area contributed by atoms with Gasteiger partial charge >= 0.3 is 0 Å². The Bertz CT molecular complexity index is 1190. The molecular weight excluding hydrogens is 430 g/mol. The molecule has 1 aliphatic rings. The first kappa shape index (κ1) is 23.0. The smallest absolute Gasteiger partial charge is 0.278 e. The summed E-state index contributed by atoms with van der Waals surface area (Å²) in [5, 5.41) is 3.17. The lowest BCUT2D eigenvalue weighted by Gasteiger charge is -2.15. The molecule has 7 nitrogen and oxygen atoms in total. The van der Waals surface area contributed by atoms with Gasteiger partial charge in [0.1, 0.15) is 17.2 Å². The second-order valence-corrected chi connectivity index (χ2v) is 8.08. The highest BCUT2D eigenvalue weighted by Crippen LogP contribution is 2.32. The summed E-state index contributed by atoms with van der Waals surface area (Å²) in [6, 6.07) is 18.1. The van der Waals surface area contributed by atoms with E-state index in [9.17, 15) is 9.59 Å². The fourth-order valence-corrected chi connectivity index (χ4v) is 3.69. The maximum atomic E-state index is 13.4. The van der Waals surface area contributed by atoms with E-state index < -0.39 is 0 Å². The fourth-order valence-electron chi connectivity index (χ4n) is 3.69. The number of amides is 2. The third-order valence-corrected chi connectivity index (χ3v) is 5.21. The van der Waals surface area contributed by atoms with Gasteiger partial charge in [0.15, 0.2) is 0 Å². The molecule has 34 heavy (non-hydrogen) atoms. The Morgan fingerprint density at radius 2 is 1.53 bits per heavy atom. The number of pyridine rings is 1. The lowest BCUT2D eigenvalue weighted by atomic mass is 10.0. The van der Waals surface area contributed by atoms with Gasteiger partial charge in [-0.25, -0.2) is 0 Å². The SMILES string of the molecule is CCOc1ccc(C2=C(Nc3ccc(OC(C)C)cc3)C(=O)N(Cc3ccncc3)C2=O)cc1. The van der Waals surface area contributed by atoms with Crippen LogP contribution in [-0.4, -0.2) is 34.4 Å². The Morgan fingerprint density at radius 3 is 2.15 bits per heavy atom. The molecule has 0 bridgehead atoms. The molecule has 2 heterocycles. The van der Waals surface area contributed by atoms with Crippen molar-refractivity contribution < 1.29 is 19.1 Å². The van der Waals surface area contributed by atoms with Crippen molar-refractivity contribution in [3.8, 4) is 11.5 Å². The Morgan fingerprint density at radius 1 is 0.882 bits per heavy atom. The summed E-state index contributed by atoms with van der Waals surface area (Å²) in [5.74, 6) is 0.698. The van der Waals surface area contributed by atoms with E-state index in [0.29, 0.717) is 29.2 Å². The van der Waals surface area contributed by atoms with E-state index in [2.05, 4.69) is 10.3 Å². The van der Waals surface area contributed by atoms with Crippen LogP contribution in [0.1, 0.15) is 31.9 Å². The minimum Gasteiger partial charge on any atom is -0.494 e. The zero-order valence-corrected chi connectivity index (χ0v) is 19.4. The van der Waals surface area contributed by atoms with Gasteiger partial charge in [-0.2, -0.15) is 0 Å². The Hall–Kier alpha value is -4.13. The highest BCUT2D eigenvalue weighted by molar-refractivity contribution is 6.36. The second kappa shape index (κ2) is 10.2. The molecule has 4 rings (SSSR count). The number of anilines is 1. The monoisotopic (exact) mass is 457 g/mol. The number of aromatic nitrogens is 1. The number of ether oxygens (including phenoxy) is 2. The third kappa shape index (κ3) is 5.09. The predicted octanol–water partition coefficient (Wildman–Crippen LogP) is 4.66. The van der Waals surface area contributed by atoms with Gasteiger partial charge in [0, 0.05) is 18.1 Å². The highest BCUT2D eigenvalue weighted by Gasteiger charge is 2.39. The first-order chi connectivity index (χ1) is 16.5. The maximum Gasteiger partial charge on any atom is 0.278 e. The van der Waals surface area contributed by atoms with Crippen LogP contribution in [0.25, 0.3) is 5.57 Å². The fraction of sp³-hybridized carbons (Fsp3) is 0.222. The number of hydrogen-bond acceptors (Lipinski definition) is 6. The summed E-state index contributed by atoms with van der Waals surface area (Å²) in [6.45, 7) is 6.53. The number of carbonyl (C=O) groups excluding carboxylic acids is 2. The van der Waals surface area contributed by atoms with Crippen molar-refractivity contribution in [1.82, 2.24) is 9.88 Å². The summed E-state index contributed by atoms with van der Waals surface area (Å²) in [7, 11) is 0. The molecule has 0 aliphatic carbocycles. The molecule has 0 spiro atoms. The molecular formula is C27H27N3O4. The number of rotatable bonds is 9. The van der Waals surface area contributed by atoms with Crippen LogP contribution in [0.3, 0.4) is 0 Å². The van der Waals surface area contributed by atoms with E-state index >= 15 is 0 Å². The summed E-state index contributed by atoms with van der Waals surface area (Å²) in [4.78, 5) is 32.1. The van der Waals surface area contributed by atoms with Crippen LogP contribution < -0.4 is 14.8 Å². The second-order valence-electron chi connectivity index (χ2n) is 8.08. The van der Waals surface area contributed by atoms with Gasteiger partial charge in [0.2, 0.25) is 0 Å². The molecule has 7 heteroatoms. The van der Waals surface area contributed by atoms with Crippen molar-refractivity contribution in [3.05, 3.63) is 89.9 Å². The van der Waals surface area contributed by atoms with E-state index in [1.165, 1.54) is 4.90 Å². The minimum absolute atomic E-state index is 0.0588. The highest BCUT2D eigenvalue weighted by atomic mass is 16.5. The molecule has 1 aliphatic heterocycles. The molecule has 2 aromatic carbocycles. The number of benzene rings is 2. The topological polar surface area (TPSA) is 80.8 Å². The first-order valence-electron chi connectivity index (χ1n) is 11.2. The van der Waals surface area contributed by atoms with E-state index in [1.807, 2.05) is 45.0 Å². The van der Waals surface area contributed by atoms with Gasteiger partial charge in [0.05, 0.1) is 24.8 Å². The Balaban J connectivity index is 1.67. The molecule has 1 N–H and O–H groups in total. The maximum absolute atomic E-state index is 13.4. The van der Waals surface area contributed by atoms with E-state index in [4.69, 9.17) is 9.47 Å². The van der Waals surface area contributed by atoms with Crippen LogP contribution >= 0.6 is 0 Å². The average molecular weight is 458 g/mol. The quantitative estimate of drug-likeness (QED) is 0.471. The molecule has 1 aromatic heterocycles. The average Bonchev–Trinajstić information content (AvgIpc) is 3.06. The largest absolute Gasteiger partial charge is 0.494 e. The van der Waals surface area contributed by atoms with Crippen LogP contribution in [0.2, 0.25) is 0 Å². The number of nitrogens with zero attached hydrogens (tertiary/aromatic N) is 2. The number of hydrogen-bond donors (Lipinski definition) is 1. The Labute approximate surface area is 199 Å². The van der Waals surface area contributed by atoms with E-state index in [0.717, 1.165) is 11.3 Å². The van der Waals surface area contributed by atoms with Crippen molar-refractivity contribution in [1.29, 1.82) is 0 Å². The van der Waals surface area contributed by atoms with Crippen LogP contribution in [0.4, 0.5) is 5.69 Å². The van der Waals surface area contributed by atoms with Crippen LogP contribution in [-0.2, 0) is 16.1 Å². The van der Waals surface area contributed by atoms with Crippen molar-refractivity contribution in [2.45, 2.75) is 33.4 Å². The minimum atomic E-state index is -0.381. The molecule has 2 amide bonds. The van der Waals surface area contributed by atoms with Gasteiger partial charge < -0.3 is 14.8 Å². The molecule has 0 saturated heterocycles. The zero-order chi connectivity index (χ0) is 24.1. The number of nitrogens with one attached hydrogen (secondary N) is 1. The molecule has 0 atom stereocenters. The molecule has 0 radical (unpaired) electrons. The van der Waals surface area contributed by atoms with Gasteiger partial charge in [-0.05, 0) is 80.4 Å². The van der Waals surface area contributed by atoms with Crippen molar-refractivity contribution in [2.75, 3.05) is 11.9 Å². The van der Waals surface area contributed by atoms with Gasteiger partial charge in [-0.15, -0.1) is 0 Å². The Kier molecular flexibility index (Phi) is 6.92. The molecule has 3 aromatic rings. The normalized spacial score (nSPS) is 13.6.